The van der Waals surface area contributed by atoms with Crippen molar-refractivity contribution in [2.75, 3.05) is 13.7 Å². The number of benzene rings is 1. The van der Waals surface area contributed by atoms with Crippen molar-refractivity contribution in [3.63, 3.8) is 0 Å². The maximum atomic E-state index is 12.5. The number of likely N-dealkylation sites (tertiary alicyclic amines) is 1. The molecule has 1 unspecified atom stereocenters. The van der Waals surface area contributed by atoms with Crippen LogP contribution in [-0.4, -0.2) is 40.6 Å². The smallest absolute Gasteiger partial charge is 0.226 e. The standard InChI is InChI=1S/C21H27N3O3/c1-26-18-10-6-5-7-15(18)11-12-19-22-21(23-27-19)16-13-20(25)24(14-16)17-8-3-2-4-9-17/h5-7,10,16-17H,2-4,8-9,11-14H2,1H3. The first-order valence-corrected chi connectivity index (χ1v) is 9.98. The fourth-order valence-corrected chi connectivity index (χ4v) is 4.34. The van der Waals surface area contributed by atoms with Crippen molar-refractivity contribution in [1.29, 1.82) is 0 Å². The third-order valence-electron chi connectivity index (χ3n) is 5.82. The minimum atomic E-state index is 0.0585. The number of ether oxygens (including phenoxy) is 1. The van der Waals surface area contributed by atoms with Crippen LogP contribution >= 0.6 is 0 Å². The Morgan fingerprint density at radius 2 is 2.00 bits per heavy atom. The van der Waals surface area contributed by atoms with Gasteiger partial charge in [-0.3, -0.25) is 4.79 Å². The molecule has 1 aliphatic heterocycles. The molecule has 6 nitrogen and oxygen atoms in total. The number of aryl methyl sites for hydroxylation is 2. The summed E-state index contributed by atoms with van der Waals surface area (Å²) in [6.45, 7) is 0.731. The molecule has 0 spiro atoms. The molecule has 6 heteroatoms. The van der Waals surface area contributed by atoms with Crippen LogP contribution in [0, 0.1) is 0 Å². The lowest BCUT2D eigenvalue weighted by molar-refractivity contribution is -0.130. The van der Waals surface area contributed by atoms with Gasteiger partial charge in [-0.2, -0.15) is 4.98 Å². The lowest BCUT2D eigenvalue weighted by Gasteiger charge is -2.31. The largest absolute Gasteiger partial charge is 0.496 e. The second-order valence-electron chi connectivity index (χ2n) is 7.60. The van der Waals surface area contributed by atoms with Crippen molar-refractivity contribution in [2.45, 2.75) is 63.3 Å². The Hall–Kier alpha value is -2.37. The zero-order valence-electron chi connectivity index (χ0n) is 15.9. The summed E-state index contributed by atoms with van der Waals surface area (Å²) in [6.07, 6.45) is 7.97. The van der Waals surface area contributed by atoms with Crippen LogP contribution < -0.4 is 4.74 Å². The number of amides is 1. The van der Waals surface area contributed by atoms with Gasteiger partial charge in [0.2, 0.25) is 11.8 Å². The summed E-state index contributed by atoms with van der Waals surface area (Å²) in [7, 11) is 1.68. The maximum absolute atomic E-state index is 12.5. The zero-order valence-corrected chi connectivity index (χ0v) is 15.9. The highest BCUT2D eigenvalue weighted by atomic mass is 16.5. The zero-order chi connectivity index (χ0) is 18.6. The first kappa shape index (κ1) is 18.0. The van der Waals surface area contributed by atoms with Gasteiger partial charge in [0.15, 0.2) is 5.82 Å². The normalized spacial score (nSPS) is 21.0. The second kappa shape index (κ2) is 8.11. The van der Waals surface area contributed by atoms with Crippen LogP contribution in [0.4, 0.5) is 0 Å². The summed E-state index contributed by atoms with van der Waals surface area (Å²) in [6, 6.07) is 8.38. The van der Waals surface area contributed by atoms with Crippen molar-refractivity contribution in [3.8, 4) is 5.75 Å². The van der Waals surface area contributed by atoms with Crippen molar-refractivity contribution in [2.24, 2.45) is 0 Å². The summed E-state index contributed by atoms with van der Waals surface area (Å²) in [5.41, 5.74) is 1.12. The number of nitrogens with zero attached hydrogens (tertiary/aromatic N) is 3. The maximum Gasteiger partial charge on any atom is 0.226 e. The molecule has 1 saturated heterocycles. The molecule has 1 amide bonds. The lowest BCUT2D eigenvalue weighted by atomic mass is 9.94. The monoisotopic (exact) mass is 369 g/mol. The van der Waals surface area contributed by atoms with Gasteiger partial charge in [-0.1, -0.05) is 42.6 Å². The number of rotatable bonds is 6. The molecule has 1 aliphatic carbocycles. The second-order valence-corrected chi connectivity index (χ2v) is 7.60. The molecular formula is C21H27N3O3. The van der Waals surface area contributed by atoms with Crippen LogP contribution in [0.2, 0.25) is 0 Å². The third-order valence-corrected chi connectivity index (χ3v) is 5.82. The number of carbonyl (C=O) groups excluding carboxylic acids is 1. The van der Waals surface area contributed by atoms with E-state index < -0.39 is 0 Å². The molecule has 27 heavy (non-hydrogen) atoms. The molecule has 0 bridgehead atoms. The van der Waals surface area contributed by atoms with E-state index in [2.05, 4.69) is 15.0 Å². The summed E-state index contributed by atoms with van der Waals surface area (Å²) < 4.78 is 10.8. The minimum Gasteiger partial charge on any atom is -0.496 e. The number of aromatic nitrogens is 2. The number of para-hydroxylation sites is 1. The fraction of sp³-hybridized carbons (Fsp3) is 0.571. The van der Waals surface area contributed by atoms with Crippen molar-refractivity contribution < 1.29 is 14.1 Å². The Bertz CT molecular complexity index is 782. The molecule has 144 valence electrons. The van der Waals surface area contributed by atoms with Gasteiger partial charge in [-0.15, -0.1) is 0 Å². The predicted octanol–water partition coefficient (Wildman–Crippen LogP) is 3.51. The van der Waals surface area contributed by atoms with Crippen LogP contribution in [0.15, 0.2) is 28.8 Å². The quantitative estimate of drug-likeness (QED) is 0.779. The molecule has 0 radical (unpaired) electrons. The average molecular weight is 369 g/mol. The van der Waals surface area contributed by atoms with E-state index in [-0.39, 0.29) is 11.8 Å². The molecule has 2 fully saturated rings. The molecule has 2 heterocycles. The molecular weight excluding hydrogens is 342 g/mol. The Morgan fingerprint density at radius 1 is 1.19 bits per heavy atom. The van der Waals surface area contributed by atoms with Gasteiger partial charge in [-0.05, 0) is 30.9 Å². The van der Waals surface area contributed by atoms with Crippen molar-refractivity contribution >= 4 is 5.91 Å². The van der Waals surface area contributed by atoms with E-state index in [0.29, 0.717) is 30.6 Å². The molecule has 1 atom stereocenters. The molecule has 1 aromatic heterocycles. The van der Waals surface area contributed by atoms with Crippen LogP contribution in [-0.2, 0) is 17.6 Å². The van der Waals surface area contributed by atoms with E-state index in [1.807, 2.05) is 24.3 Å². The average Bonchev–Trinajstić information content (AvgIpc) is 3.34. The predicted molar refractivity (Wildman–Crippen MR) is 101 cm³/mol. The highest BCUT2D eigenvalue weighted by Crippen LogP contribution is 2.32. The van der Waals surface area contributed by atoms with Crippen LogP contribution in [0.3, 0.4) is 0 Å². The number of methoxy groups -OCH3 is 1. The van der Waals surface area contributed by atoms with E-state index in [9.17, 15) is 4.79 Å². The van der Waals surface area contributed by atoms with E-state index in [4.69, 9.17) is 9.26 Å². The summed E-state index contributed by atoms with van der Waals surface area (Å²) in [4.78, 5) is 19.1. The van der Waals surface area contributed by atoms with E-state index in [0.717, 1.165) is 37.1 Å². The highest BCUT2D eigenvalue weighted by Gasteiger charge is 2.37. The summed E-state index contributed by atoms with van der Waals surface area (Å²) in [5.74, 6) is 2.48. The van der Waals surface area contributed by atoms with Crippen molar-refractivity contribution in [1.82, 2.24) is 15.0 Å². The van der Waals surface area contributed by atoms with Crippen LogP contribution in [0.25, 0.3) is 0 Å². The van der Waals surface area contributed by atoms with Crippen LogP contribution in [0.1, 0.15) is 61.7 Å². The molecule has 1 aromatic carbocycles. The summed E-state index contributed by atoms with van der Waals surface area (Å²) >= 11 is 0. The molecule has 1 saturated carbocycles. The van der Waals surface area contributed by atoms with Gasteiger partial charge in [0.05, 0.1) is 7.11 Å². The van der Waals surface area contributed by atoms with Gasteiger partial charge in [-0.25, -0.2) is 0 Å². The topological polar surface area (TPSA) is 68.5 Å². The highest BCUT2D eigenvalue weighted by molar-refractivity contribution is 5.79. The molecule has 2 aromatic rings. The Labute approximate surface area is 159 Å². The SMILES string of the molecule is COc1ccccc1CCc1nc(C2CC(=O)N(C3CCCCC3)C2)no1. The molecule has 2 aliphatic rings. The Morgan fingerprint density at radius 3 is 2.81 bits per heavy atom. The van der Waals surface area contributed by atoms with Gasteiger partial charge in [0, 0.05) is 31.3 Å². The fourth-order valence-electron chi connectivity index (χ4n) is 4.34. The van der Waals surface area contributed by atoms with E-state index in [1.165, 1.54) is 19.3 Å². The van der Waals surface area contributed by atoms with Crippen LogP contribution in [0.5, 0.6) is 5.75 Å². The first-order chi connectivity index (χ1) is 13.2. The number of hydrogen-bond acceptors (Lipinski definition) is 5. The third kappa shape index (κ3) is 3.99. The van der Waals surface area contributed by atoms with E-state index >= 15 is 0 Å². The Kier molecular flexibility index (Phi) is 5.41. The molecule has 4 rings (SSSR count). The number of hydrogen-bond donors (Lipinski definition) is 0. The van der Waals surface area contributed by atoms with Crippen molar-refractivity contribution in [3.05, 3.63) is 41.5 Å². The molecule has 0 N–H and O–H groups in total. The first-order valence-electron chi connectivity index (χ1n) is 9.98. The van der Waals surface area contributed by atoms with E-state index in [1.54, 1.807) is 7.11 Å². The van der Waals surface area contributed by atoms with Gasteiger partial charge in [0.25, 0.3) is 0 Å². The van der Waals surface area contributed by atoms with Gasteiger partial charge in [0.1, 0.15) is 5.75 Å². The summed E-state index contributed by atoms with van der Waals surface area (Å²) in [5, 5.41) is 4.17. The Balaban J connectivity index is 1.37. The minimum absolute atomic E-state index is 0.0585. The number of carbonyl (C=O) groups is 1. The van der Waals surface area contributed by atoms with Gasteiger partial charge < -0.3 is 14.2 Å². The van der Waals surface area contributed by atoms with Gasteiger partial charge >= 0.3 is 0 Å². The lowest BCUT2D eigenvalue weighted by Crippen LogP contribution is -2.37.